The molecule has 33 heavy (non-hydrogen) atoms. The Bertz CT molecular complexity index is 1080. The lowest BCUT2D eigenvalue weighted by molar-refractivity contribution is -0.117. The van der Waals surface area contributed by atoms with Crippen LogP contribution in [0.5, 0.6) is 0 Å². The van der Waals surface area contributed by atoms with Crippen molar-refractivity contribution in [3.8, 4) is 6.07 Å². The summed E-state index contributed by atoms with van der Waals surface area (Å²) in [7, 11) is 0. The summed E-state index contributed by atoms with van der Waals surface area (Å²) in [6, 6.07) is 15.2. The van der Waals surface area contributed by atoms with Crippen molar-refractivity contribution in [2.24, 2.45) is 0 Å². The van der Waals surface area contributed by atoms with Gasteiger partial charge in [0.15, 0.2) is 0 Å². The predicted octanol–water partition coefficient (Wildman–Crippen LogP) is 5.77. The zero-order valence-electron chi connectivity index (χ0n) is 19.9. The standard InChI is InChI=1S/C29H35N3O/c1-3-28(26-15-13-22-9-5-7-11-25(22)17-26)32-29(33)27(18-30)19-31-20(2)23-14-12-21-8-4-6-10-24(21)16-23/h12-17,19-20,28,31H,3-11H2,1-2H3,(H,32,33)/b27-19-. The van der Waals surface area contributed by atoms with E-state index in [4.69, 9.17) is 0 Å². The maximum Gasteiger partial charge on any atom is 0.263 e. The minimum absolute atomic E-state index is 0.0241. The van der Waals surface area contributed by atoms with E-state index in [1.54, 1.807) is 6.20 Å². The van der Waals surface area contributed by atoms with Crippen LogP contribution in [0.4, 0.5) is 0 Å². The van der Waals surface area contributed by atoms with Crippen LogP contribution in [-0.2, 0) is 30.5 Å². The number of hydrogen-bond acceptors (Lipinski definition) is 3. The molecule has 2 aliphatic carbocycles. The van der Waals surface area contributed by atoms with Crippen molar-refractivity contribution in [1.82, 2.24) is 10.6 Å². The molecule has 4 heteroatoms. The number of rotatable bonds is 7. The summed E-state index contributed by atoms with van der Waals surface area (Å²) in [5.74, 6) is -0.327. The van der Waals surface area contributed by atoms with E-state index in [0.29, 0.717) is 0 Å². The summed E-state index contributed by atoms with van der Waals surface area (Å²) in [6.07, 6.45) is 11.9. The lowest BCUT2D eigenvalue weighted by Crippen LogP contribution is -2.30. The van der Waals surface area contributed by atoms with Crippen LogP contribution in [0.25, 0.3) is 0 Å². The second kappa shape index (κ2) is 10.7. The maximum absolute atomic E-state index is 12.9. The molecular formula is C29H35N3O. The Hall–Kier alpha value is -3.06. The molecule has 0 heterocycles. The fourth-order valence-electron chi connectivity index (χ4n) is 5.10. The zero-order valence-corrected chi connectivity index (χ0v) is 19.9. The molecule has 0 spiro atoms. The van der Waals surface area contributed by atoms with Gasteiger partial charge in [-0.2, -0.15) is 5.26 Å². The van der Waals surface area contributed by atoms with Crippen LogP contribution < -0.4 is 10.6 Å². The number of amides is 1. The number of carbonyl (C=O) groups is 1. The van der Waals surface area contributed by atoms with Gasteiger partial charge < -0.3 is 10.6 Å². The summed E-state index contributed by atoms with van der Waals surface area (Å²) in [5, 5.41) is 16.0. The highest BCUT2D eigenvalue weighted by Gasteiger charge is 2.19. The van der Waals surface area contributed by atoms with Crippen LogP contribution in [0.15, 0.2) is 48.2 Å². The van der Waals surface area contributed by atoms with E-state index in [0.717, 1.165) is 31.2 Å². The lowest BCUT2D eigenvalue weighted by Gasteiger charge is -2.22. The summed E-state index contributed by atoms with van der Waals surface area (Å²) >= 11 is 0. The molecule has 0 fully saturated rings. The van der Waals surface area contributed by atoms with Crippen molar-refractivity contribution in [3.05, 3.63) is 81.6 Å². The third-order valence-corrected chi connectivity index (χ3v) is 7.20. The van der Waals surface area contributed by atoms with E-state index in [1.807, 2.05) is 0 Å². The Morgan fingerprint density at radius 2 is 1.48 bits per heavy atom. The highest BCUT2D eigenvalue weighted by atomic mass is 16.1. The van der Waals surface area contributed by atoms with Crippen LogP contribution in [-0.4, -0.2) is 5.91 Å². The SMILES string of the molecule is CCC(NC(=O)/C(C#N)=C\NC(C)c1ccc2c(c1)CCCC2)c1ccc2c(c1)CCCC2. The fourth-order valence-corrected chi connectivity index (χ4v) is 5.10. The topological polar surface area (TPSA) is 64.9 Å². The molecule has 4 rings (SSSR count). The van der Waals surface area contributed by atoms with Gasteiger partial charge in [0.25, 0.3) is 5.91 Å². The molecule has 0 aliphatic heterocycles. The van der Waals surface area contributed by atoms with E-state index < -0.39 is 0 Å². The number of nitriles is 1. The number of nitrogens with zero attached hydrogens (tertiary/aromatic N) is 1. The summed E-state index contributed by atoms with van der Waals surface area (Å²) in [6.45, 7) is 4.13. The first-order valence-corrected chi connectivity index (χ1v) is 12.5. The van der Waals surface area contributed by atoms with Crippen LogP contribution >= 0.6 is 0 Å². The van der Waals surface area contributed by atoms with Crippen LogP contribution in [0.1, 0.15) is 91.4 Å². The van der Waals surface area contributed by atoms with Gasteiger partial charge in [0.1, 0.15) is 11.6 Å². The Kier molecular flexibility index (Phi) is 7.50. The zero-order chi connectivity index (χ0) is 23.2. The summed E-state index contributed by atoms with van der Waals surface area (Å²) < 4.78 is 0. The summed E-state index contributed by atoms with van der Waals surface area (Å²) in [4.78, 5) is 12.9. The Labute approximate surface area is 198 Å². The third kappa shape index (κ3) is 5.47. The first-order valence-electron chi connectivity index (χ1n) is 12.5. The highest BCUT2D eigenvalue weighted by Crippen LogP contribution is 2.27. The molecule has 0 aromatic heterocycles. The normalized spacial score (nSPS) is 17.2. The minimum Gasteiger partial charge on any atom is -0.383 e. The van der Waals surface area contributed by atoms with Gasteiger partial charge in [-0.25, -0.2) is 0 Å². The van der Waals surface area contributed by atoms with Crippen LogP contribution in [0.2, 0.25) is 0 Å². The Morgan fingerprint density at radius 3 is 2.06 bits per heavy atom. The number of benzene rings is 2. The molecule has 0 saturated carbocycles. The molecule has 1 amide bonds. The molecule has 0 radical (unpaired) electrons. The van der Waals surface area contributed by atoms with Gasteiger partial charge >= 0.3 is 0 Å². The smallest absolute Gasteiger partial charge is 0.263 e. The lowest BCUT2D eigenvalue weighted by atomic mass is 9.88. The average Bonchev–Trinajstić information content (AvgIpc) is 2.86. The van der Waals surface area contributed by atoms with Gasteiger partial charge in [-0.3, -0.25) is 4.79 Å². The second-order valence-corrected chi connectivity index (χ2v) is 9.46. The van der Waals surface area contributed by atoms with Crippen LogP contribution in [0.3, 0.4) is 0 Å². The number of carbonyl (C=O) groups excluding carboxylic acids is 1. The molecule has 2 N–H and O–H groups in total. The molecule has 2 aromatic rings. The van der Waals surface area contributed by atoms with Gasteiger partial charge in [0.2, 0.25) is 0 Å². The largest absolute Gasteiger partial charge is 0.383 e. The minimum atomic E-state index is -0.327. The number of nitrogens with one attached hydrogen (secondary N) is 2. The third-order valence-electron chi connectivity index (χ3n) is 7.20. The van der Waals surface area contributed by atoms with Gasteiger partial charge in [0.05, 0.1) is 6.04 Å². The number of aryl methyl sites for hydroxylation is 4. The van der Waals surface area contributed by atoms with Gasteiger partial charge in [-0.1, -0.05) is 43.3 Å². The number of fused-ring (bicyclic) bond motifs is 2. The highest BCUT2D eigenvalue weighted by molar-refractivity contribution is 5.97. The first-order chi connectivity index (χ1) is 16.1. The first kappa shape index (κ1) is 23.1. The average molecular weight is 442 g/mol. The van der Waals surface area contributed by atoms with Crippen molar-refractivity contribution in [2.45, 2.75) is 83.7 Å². The Morgan fingerprint density at radius 1 is 0.939 bits per heavy atom. The fraction of sp³-hybridized carbons (Fsp3) is 0.448. The molecule has 2 unspecified atom stereocenters. The molecular weight excluding hydrogens is 406 g/mol. The van der Waals surface area contributed by atoms with E-state index in [-0.39, 0.29) is 23.6 Å². The quantitative estimate of drug-likeness (QED) is 0.423. The van der Waals surface area contributed by atoms with E-state index in [1.165, 1.54) is 59.9 Å². The predicted molar refractivity (Wildman–Crippen MR) is 133 cm³/mol. The van der Waals surface area contributed by atoms with Crippen molar-refractivity contribution >= 4 is 5.91 Å². The number of hydrogen-bond donors (Lipinski definition) is 2. The van der Waals surface area contributed by atoms with Crippen molar-refractivity contribution in [1.29, 1.82) is 5.26 Å². The molecule has 2 aromatic carbocycles. The van der Waals surface area contributed by atoms with Gasteiger partial charge in [-0.15, -0.1) is 0 Å². The van der Waals surface area contributed by atoms with Crippen LogP contribution in [0, 0.1) is 11.3 Å². The second-order valence-electron chi connectivity index (χ2n) is 9.46. The maximum atomic E-state index is 12.9. The van der Waals surface area contributed by atoms with E-state index in [9.17, 15) is 10.1 Å². The summed E-state index contributed by atoms with van der Waals surface area (Å²) in [5.41, 5.74) is 8.15. The van der Waals surface area contributed by atoms with E-state index in [2.05, 4.69) is 66.9 Å². The molecule has 172 valence electrons. The molecule has 2 atom stereocenters. The van der Waals surface area contributed by atoms with E-state index >= 15 is 0 Å². The molecule has 2 aliphatic rings. The van der Waals surface area contributed by atoms with Crippen molar-refractivity contribution < 1.29 is 4.79 Å². The molecule has 0 bridgehead atoms. The monoisotopic (exact) mass is 441 g/mol. The van der Waals surface area contributed by atoms with Crippen molar-refractivity contribution in [2.75, 3.05) is 0 Å². The molecule has 0 saturated heterocycles. The van der Waals surface area contributed by atoms with Gasteiger partial charge in [-0.05, 0) is 98.1 Å². The van der Waals surface area contributed by atoms with Crippen molar-refractivity contribution in [3.63, 3.8) is 0 Å². The molecule has 4 nitrogen and oxygen atoms in total. The Balaban J connectivity index is 1.42. The van der Waals surface area contributed by atoms with Gasteiger partial charge in [0, 0.05) is 12.2 Å².